The first kappa shape index (κ1) is 22.4. The number of carbonyl (C=O) groups excluding carboxylic acids is 2. The number of carbonyl (C=O) groups is 2. The Balaban J connectivity index is 1.48. The van der Waals surface area contributed by atoms with Gasteiger partial charge in [0.2, 0.25) is 11.8 Å². The van der Waals surface area contributed by atoms with Crippen LogP contribution in [0.5, 0.6) is 11.5 Å². The van der Waals surface area contributed by atoms with Crippen molar-refractivity contribution in [3.63, 3.8) is 0 Å². The monoisotopic (exact) mass is 477 g/mol. The van der Waals surface area contributed by atoms with E-state index in [9.17, 15) is 9.59 Å². The molecule has 2 aliphatic carbocycles. The molecule has 0 aromatic heterocycles. The SMILES string of the molecule is COc1ccc(C(=C2[C@H]3C=C[C@H]2[C@H]2C(=O)N(c4cccc(C)c4)C(=O)[C@H]23)c2ccc(OC)cc2)cc1. The highest BCUT2D eigenvalue weighted by atomic mass is 16.5. The number of imide groups is 1. The Labute approximate surface area is 210 Å². The number of hydrogen-bond donors (Lipinski definition) is 0. The van der Waals surface area contributed by atoms with Gasteiger partial charge in [-0.1, -0.05) is 48.6 Å². The van der Waals surface area contributed by atoms with Crippen LogP contribution in [0.15, 0.2) is 90.5 Å². The quantitative estimate of drug-likeness (QED) is 0.363. The van der Waals surface area contributed by atoms with E-state index in [0.29, 0.717) is 5.69 Å². The lowest BCUT2D eigenvalue weighted by Crippen LogP contribution is -2.33. The normalized spacial score (nSPS) is 23.9. The number of amides is 2. The van der Waals surface area contributed by atoms with Crippen LogP contribution >= 0.6 is 0 Å². The van der Waals surface area contributed by atoms with Crippen molar-refractivity contribution in [2.75, 3.05) is 19.1 Å². The summed E-state index contributed by atoms with van der Waals surface area (Å²) in [6.45, 7) is 1.97. The number of aryl methyl sites for hydroxylation is 1. The van der Waals surface area contributed by atoms with Crippen molar-refractivity contribution in [2.45, 2.75) is 6.92 Å². The van der Waals surface area contributed by atoms with Crippen LogP contribution < -0.4 is 14.4 Å². The summed E-state index contributed by atoms with van der Waals surface area (Å²) in [5.41, 5.74) is 5.96. The smallest absolute Gasteiger partial charge is 0.238 e. The number of fused-ring (bicyclic) bond motifs is 5. The fourth-order valence-electron chi connectivity index (χ4n) is 6.13. The molecule has 4 atom stereocenters. The zero-order valence-electron chi connectivity index (χ0n) is 20.5. The van der Waals surface area contributed by atoms with E-state index in [1.165, 1.54) is 4.90 Å². The van der Waals surface area contributed by atoms with Crippen molar-refractivity contribution in [1.82, 2.24) is 0 Å². The summed E-state index contributed by atoms with van der Waals surface area (Å²) in [6, 6.07) is 23.6. The predicted molar refractivity (Wildman–Crippen MR) is 139 cm³/mol. The van der Waals surface area contributed by atoms with Crippen molar-refractivity contribution in [2.24, 2.45) is 23.7 Å². The predicted octanol–water partition coefficient (Wildman–Crippen LogP) is 5.44. The summed E-state index contributed by atoms with van der Waals surface area (Å²) >= 11 is 0. The van der Waals surface area contributed by atoms with Crippen molar-refractivity contribution in [1.29, 1.82) is 0 Å². The molecule has 6 rings (SSSR count). The molecule has 2 amide bonds. The highest BCUT2D eigenvalue weighted by molar-refractivity contribution is 6.23. The van der Waals surface area contributed by atoms with E-state index in [2.05, 4.69) is 12.2 Å². The molecule has 36 heavy (non-hydrogen) atoms. The number of nitrogens with zero attached hydrogens (tertiary/aromatic N) is 1. The van der Waals surface area contributed by atoms with Crippen LogP contribution in [-0.4, -0.2) is 26.0 Å². The molecule has 0 radical (unpaired) electrons. The Kier molecular flexibility index (Phi) is 5.29. The van der Waals surface area contributed by atoms with Gasteiger partial charge in [0.1, 0.15) is 11.5 Å². The summed E-state index contributed by atoms with van der Waals surface area (Å²) < 4.78 is 10.8. The molecule has 1 saturated heterocycles. The summed E-state index contributed by atoms with van der Waals surface area (Å²) in [7, 11) is 3.30. The number of benzene rings is 3. The summed E-state index contributed by atoms with van der Waals surface area (Å²) in [5.74, 6) is 0.352. The van der Waals surface area contributed by atoms with Gasteiger partial charge in [0.25, 0.3) is 0 Å². The molecule has 1 aliphatic heterocycles. The Morgan fingerprint density at radius 2 is 1.22 bits per heavy atom. The molecule has 0 unspecified atom stereocenters. The van der Waals surface area contributed by atoms with E-state index in [1.807, 2.05) is 79.7 Å². The van der Waals surface area contributed by atoms with Crippen molar-refractivity contribution in [3.05, 3.63) is 107 Å². The van der Waals surface area contributed by atoms with Gasteiger partial charge in [-0.05, 0) is 71.2 Å². The summed E-state index contributed by atoms with van der Waals surface area (Å²) in [5, 5.41) is 0. The third-order valence-corrected chi connectivity index (χ3v) is 7.72. The van der Waals surface area contributed by atoms with Gasteiger partial charge >= 0.3 is 0 Å². The molecule has 2 bridgehead atoms. The first-order valence-corrected chi connectivity index (χ1v) is 12.2. The molecule has 3 aliphatic rings. The fourth-order valence-corrected chi connectivity index (χ4v) is 6.13. The third-order valence-electron chi connectivity index (χ3n) is 7.72. The van der Waals surface area contributed by atoms with Gasteiger partial charge in [-0.15, -0.1) is 0 Å². The molecule has 1 heterocycles. The van der Waals surface area contributed by atoms with Crippen molar-refractivity contribution < 1.29 is 19.1 Å². The number of methoxy groups -OCH3 is 2. The second-order valence-corrected chi connectivity index (χ2v) is 9.63. The van der Waals surface area contributed by atoms with E-state index in [-0.39, 0.29) is 35.5 Å². The molecular weight excluding hydrogens is 450 g/mol. The van der Waals surface area contributed by atoms with Crippen LogP contribution in [0.4, 0.5) is 5.69 Å². The lowest BCUT2D eigenvalue weighted by atomic mass is 9.85. The minimum Gasteiger partial charge on any atom is -0.497 e. The maximum Gasteiger partial charge on any atom is 0.238 e. The summed E-state index contributed by atoms with van der Waals surface area (Å²) in [6.07, 6.45) is 4.25. The molecule has 5 heteroatoms. The lowest BCUT2D eigenvalue weighted by Gasteiger charge is -2.22. The highest BCUT2D eigenvalue weighted by Gasteiger charge is 2.62. The molecular formula is C31H27NO4. The average Bonchev–Trinajstić information content (AvgIpc) is 3.54. The maximum atomic E-state index is 13.7. The van der Waals surface area contributed by atoms with E-state index < -0.39 is 0 Å². The largest absolute Gasteiger partial charge is 0.497 e. The van der Waals surface area contributed by atoms with Crippen molar-refractivity contribution >= 4 is 23.1 Å². The van der Waals surface area contributed by atoms with E-state index >= 15 is 0 Å². The number of anilines is 1. The summed E-state index contributed by atoms with van der Waals surface area (Å²) in [4.78, 5) is 28.9. The van der Waals surface area contributed by atoms with E-state index in [0.717, 1.165) is 39.3 Å². The fraction of sp³-hybridized carbons (Fsp3) is 0.226. The lowest BCUT2D eigenvalue weighted by molar-refractivity contribution is -0.122. The number of ether oxygens (including phenoxy) is 2. The third kappa shape index (κ3) is 3.30. The van der Waals surface area contributed by atoms with Gasteiger partial charge in [-0.25, -0.2) is 4.90 Å². The van der Waals surface area contributed by atoms with Crippen LogP contribution in [-0.2, 0) is 9.59 Å². The van der Waals surface area contributed by atoms with Gasteiger partial charge in [0.15, 0.2) is 0 Å². The molecule has 0 spiro atoms. The topological polar surface area (TPSA) is 55.8 Å². The van der Waals surface area contributed by atoms with Crippen LogP contribution in [0, 0.1) is 30.6 Å². The van der Waals surface area contributed by atoms with E-state index in [1.54, 1.807) is 14.2 Å². The Morgan fingerprint density at radius 1 is 0.722 bits per heavy atom. The van der Waals surface area contributed by atoms with Gasteiger partial charge in [0.05, 0.1) is 31.7 Å². The van der Waals surface area contributed by atoms with Gasteiger partial charge in [-0.2, -0.15) is 0 Å². The minimum atomic E-state index is -0.380. The van der Waals surface area contributed by atoms with Gasteiger partial charge in [-0.3, -0.25) is 9.59 Å². The number of allylic oxidation sites excluding steroid dienone is 3. The van der Waals surface area contributed by atoms with Crippen LogP contribution in [0.3, 0.4) is 0 Å². The first-order chi connectivity index (χ1) is 17.5. The van der Waals surface area contributed by atoms with Gasteiger partial charge < -0.3 is 9.47 Å². The zero-order chi connectivity index (χ0) is 25.0. The highest BCUT2D eigenvalue weighted by Crippen LogP contribution is 2.59. The second-order valence-electron chi connectivity index (χ2n) is 9.63. The Hall–Kier alpha value is -4.12. The molecule has 3 aromatic rings. The molecule has 5 nitrogen and oxygen atoms in total. The standard InChI is InChI=1S/C31H27NO4/c1-18-5-4-6-21(17-18)32-30(33)28-24-15-16-25(29(28)31(32)34)27(24)26(19-7-11-22(35-2)12-8-19)20-9-13-23(36-3)14-10-20/h4-17,24-25,28-29H,1-3H3/t24-,25-,28-,29+/m1/s1. The Morgan fingerprint density at radius 3 is 1.67 bits per heavy atom. The minimum absolute atomic E-state index is 0.103. The van der Waals surface area contributed by atoms with Gasteiger partial charge in [0, 0.05) is 11.8 Å². The first-order valence-electron chi connectivity index (χ1n) is 12.2. The van der Waals surface area contributed by atoms with Crippen LogP contribution in [0.1, 0.15) is 16.7 Å². The molecule has 2 fully saturated rings. The zero-order valence-corrected chi connectivity index (χ0v) is 20.5. The second kappa shape index (κ2) is 8.52. The number of hydrogen-bond acceptors (Lipinski definition) is 4. The number of rotatable bonds is 5. The molecule has 3 aromatic carbocycles. The van der Waals surface area contributed by atoms with E-state index in [4.69, 9.17) is 9.47 Å². The molecule has 1 saturated carbocycles. The Bertz CT molecular complexity index is 1330. The van der Waals surface area contributed by atoms with Crippen LogP contribution in [0.2, 0.25) is 0 Å². The molecule has 180 valence electrons. The van der Waals surface area contributed by atoms with Crippen LogP contribution in [0.25, 0.3) is 5.57 Å². The maximum absolute atomic E-state index is 13.7. The van der Waals surface area contributed by atoms with Crippen molar-refractivity contribution in [3.8, 4) is 11.5 Å². The average molecular weight is 478 g/mol. The molecule has 0 N–H and O–H groups in total.